The van der Waals surface area contributed by atoms with E-state index in [4.69, 9.17) is 10.5 Å². The Balaban J connectivity index is 1.78. The van der Waals surface area contributed by atoms with Crippen molar-refractivity contribution in [2.75, 3.05) is 19.8 Å². The molecule has 4 nitrogen and oxygen atoms in total. The molecule has 0 saturated carbocycles. The largest absolute Gasteiger partial charge is 0.491 e. The molecule has 0 bridgehead atoms. The second-order valence-electron chi connectivity index (χ2n) is 4.45. The van der Waals surface area contributed by atoms with Crippen LogP contribution in [0, 0.1) is 0 Å². The van der Waals surface area contributed by atoms with Gasteiger partial charge in [0.05, 0.1) is 12.7 Å². The van der Waals surface area contributed by atoms with Gasteiger partial charge in [-0.25, -0.2) is 0 Å². The van der Waals surface area contributed by atoms with Crippen LogP contribution in [0.5, 0.6) is 5.75 Å². The fourth-order valence-electron chi connectivity index (χ4n) is 2.50. The van der Waals surface area contributed by atoms with Gasteiger partial charge in [-0.3, -0.25) is 0 Å². The number of nitrogens with zero attached hydrogens (tertiary/aromatic N) is 1. The Morgan fingerprint density at radius 3 is 3.18 bits per heavy atom. The van der Waals surface area contributed by atoms with E-state index in [1.807, 2.05) is 18.3 Å². The summed E-state index contributed by atoms with van der Waals surface area (Å²) in [6, 6.07) is 8.63. The van der Waals surface area contributed by atoms with Gasteiger partial charge < -0.3 is 20.7 Å². The molecule has 1 aromatic carbocycles. The molecule has 17 heavy (non-hydrogen) atoms. The number of nitrogens with two attached hydrogens (primary N) is 1. The maximum atomic E-state index is 5.80. The van der Waals surface area contributed by atoms with Crippen LogP contribution in [0.1, 0.15) is 5.56 Å². The number of hydrogen-bond acceptors (Lipinski definition) is 4. The molecule has 4 heteroatoms. The van der Waals surface area contributed by atoms with Gasteiger partial charge in [-0.05, 0) is 18.1 Å². The first-order valence-electron chi connectivity index (χ1n) is 5.98. The molecular formula is C13H17N3O. The summed E-state index contributed by atoms with van der Waals surface area (Å²) >= 11 is 0. The van der Waals surface area contributed by atoms with Gasteiger partial charge >= 0.3 is 0 Å². The normalized spacial score (nSPS) is 22.5. The zero-order valence-electron chi connectivity index (χ0n) is 9.73. The summed E-state index contributed by atoms with van der Waals surface area (Å²) in [6.07, 6.45) is 3.02. The smallest absolute Gasteiger partial charge is 0.122 e. The third kappa shape index (κ3) is 1.85. The number of ether oxygens (including phenoxy) is 1. The maximum Gasteiger partial charge on any atom is 0.122 e. The van der Waals surface area contributed by atoms with E-state index in [2.05, 4.69) is 22.3 Å². The van der Waals surface area contributed by atoms with Crippen LogP contribution in [0.25, 0.3) is 0 Å². The van der Waals surface area contributed by atoms with Crippen molar-refractivity contribution in [3.8, 4) is 5.75 Å². The summed E-state index contributed by atoms with van der Waals surface area (Å²) < 4.78 is 5.80. The van der Waals surface area contributed by atoms with Crippen molar-refractivity contribution in [2.24, 2.45) is 5.73 Å². The lowest BCUT2D eigenvalue weighted by atomic mass is 10.0. The Morgan fingerprint density at radius 1 is 1.41 bits per heavy atom. The molecule has 2 aliphatic heterocycles. The Bertz CT molecular complexity index is 444. The van der Waals surface area contributed by atoms with E-state index in [-0.39, 0.29) is 0 Å². The van der Waals surface area contributed by atoms with Crippen LogP contribution in [0.3, 0.4) is 0 Å². The Morgan fingerprint density at radius 2 is 2.29 bits per heavy atom. The maximum absolute atomic E-state index is 5.80. The van der Waals surface area contributed by atoms with Crippen molar-refractivity contribution in [3.63, 3.8) is 0 Å². The van der Waals surface area contributed by atoms with Crippen LogP contribution in [0.2, 0.25) is 0 Å². The number of hydrogen-bond donors (Lipinski definition) is 2. The van der Waals surface area contributed by atoms with Gasteiger partial charge in [0.2, 0.25) is 0 Å². The topological polar surface area (TPSA) is 50.5 Å². The molecule has 0 amide bonds. The molecule has 3 N–H and O–H groups in total. The van der Waals surface area contributed by atoms with Gasteiger partial charge in [-0.15, -0.1) is 0 Å². The average molecular weight is 231 g/mol. The van der Waals surface area contributed by atoms with Crippen LogP contribution in [0.15, 0.2) is 36.2 Å². The zero-order chi connectivity index (χ0) is 11.7. The van der Waals surface area contributed by atoms with Gasteiger partial charge in [0.1, 0.15) is 12.4 Å². The summed E-state index contributed by atoms with van der Waals surface area (Å²) in [4.78, 5) is 2.30. The van der Waals surface area contributed by atoms with Crippen molar-refractivity contribution in [1.82, 2.24) is 10.2 Å². The lowest BCUT2D eigenvalue weighted by molar-refractivity contribution is 0.153. The van der Waals surface area contributed by atoms with E-state index in [9.17, 15) is 0 Å². The SMILES string of the molecule is NCC1=CNCN1[C@H]1COc2ccccc2C1. The minimum atomic E-state index is 0.384. The highest BCUT2D eigenvalue weighted by Gasteiger charge is 2.27. The quantitative estimate of drug-likeness (QED) is 0.785. The summed E-state index contributed by atoms with van der Waals surface area (Å²) in [6.45, 7) is 2.14. The standard InChI is InChI=1S/C13H17N3O/c14-6-12-7-15-9-16(12)11-5-10-3-1-2-4-13(10)17-8-11/h1-4,7,11,15H,5-6,8-9,14H2/t11-/m1/s1. The molecule has 0 spiro atoms. The second kappa shape index (κ2) is 4.30. The molecule has 3 rings (SSSR count). The van der Waals surface area contributed by atoms with Crippen LogP contribution in [-0.4, -0.2) is 30.8 Å². The van der Waals surface area contributed by atoms with E-state index in [0.717, 1.165) is 31.1 Å². The predicted molar refractivity (Wildman–Crippen MR) is 66.4 cm³/mol. The third-order valence-corrected chi connectivity index (χ3v) is 3.41. The van der Waals surface area contributed by atoms with Gasteiger partial charge in [-0.1, -0.05) is 18.2 Å². The molecule has 0 fully saturated rings. The Kier molecular flexibility index (Phi) is 2.65. The highest BCUT2D eigenvalue weighted by atomic mass is 16.5. The minimum Gasteiger partial charge on any atom is -0.491 e. The zero-order valence-corrected chi connectivity index (χ0v) is 9.73. The summed E-state index contributed by atoms with van der Waals surface area (Å²) in [7, 11) is 0. The molecule has 2 aliphatic rings. The van der Waals surface area contributed by atoms with Crippen LogP contribution >= 0.6 is 0 Å². The van der Waals surface area contributed by atoms with Crippen molar-refractivity contribution in [2.45, 2.75) is 12.5 Å². The predicted octanol–water partition coefficient (Wildman–Crippen LogP) is 0.653. The minimum absolute atomic E-state index is 0.384. The van der Waals surface area contributed by atoms with Gasteiger partial charge in [0.15, 0.2) is 0 Å². The van der Waals surface area contributed by atoms with E-state index in [1.165, 1.54) is 5.56 Å². The molecule has 1 atom stereocenters. The highest BCUT2D eigenvalue weighted by molar-refractivity contribution is 5.36. The van der Waals surface area contributed by atoms with Crippen molar-refractivity contribution < 1.29 is 4.74 Å². The van der Waals surface area contributed by atoms with Gasteiger partial charge in [0.25, 0.3) is 0 Å². The number of para-hydroxylation sites is 1. The number of fused-ring (bicyclic) bond motifs is 1. The second-order valence-corrected chi connectivity index (χ2v) is 4.45. The summed E-state index contributed by atoms with van der Waals surface area (Å²) in [5.74, 6) is 1.02. The Labute approximate surface area is 101 Å². The first-order chi connectivity index (χ1) is 8.38. The fourth-order valence-corrected chi connectivity index (χ4v) is 2.50. The Hall–Kier alpha value is -1.68. The van der Waals surface area contributed by atoms with E-state index < -0.39 is 0 Å². The third-order valence-electron chi connectivity index (χ3n) is 3.41. The number of nitrogens with one attached hydrogen (secondary N) is 1. The van der Waals surface area contributed by atoms with E-state index in [1.54, 1.807) is 0 Å². The van der Waals surface area contributed by atoms with E-state index >= 15 is 0 Å². The molecular weight excluding hydrogens is 214 g/mol. The van der Waals surface area contributed by atoms with Crippen LogP contribution < -0.4 is 15.8 Å². The van der Waals surface area contributed by atoms with Crippen LogP contribution in [-0.2, 0) is 6.42 Å². The molecule has 0 aliphatic carbocycles. The molecule has 2 heterocycles. The van der Waals surface area contributed by atoms with E-state index in [0.29, 0.717) is 12.6 Å². The average Bonchev–Trinajstić information content (AvgIpc) is 2.86. The molecule has 1 aromatic rings. The summed E-state index contributed by atoms with van der Waals surface area (Å²) in [5, 5.41) is 3.22. The van der Waals surface area contributed by atoms with Crippen LogP contribution in [0.4, 0.5) is 0 Å². The number of benzene rings is 1. The van der Waals surface area contributed by atoms with Crippen molar-refractivity contribution in [3.05, 3.63) is 41.7 Å². The van der Waals surface area contributed by atoms with Gasteiger partial charge in [-0.2, -0.15) is 0 Å². The lowest BCUT2D eigenvalue weighted by Crippen LogP contribution is -2.43. The first-order valence-corrected chi connectivity index (χ1v) is 5.98. The summed E-state index contributed by atoms with van der Waals surface area (Å²) in [5.41, 5.74) is 8.18. The molecule has 0 aromatic heterocycles. The fraction of sp³-hybridized carbons (Fsp3) is 0.385. The monoisotopic (exact) mass is 231 g/mol. The molecule has 90 valence electrons. The van der Waals surface area contributed by atoms with Crippen molar-refractivity contribution in [1.29, 1.82) is 0 Å². The van der Waals surface area contributed by atoms with Gasteiger partial charge in [0, 0.05) is 18.4 Å². The lowest BCUT2D eigenvalue weighted by Gasteiger charge is -2.34. The molecule has 0 radical (unpaired) electrons. The van der Waals surface area contributed by atoms with Crippen molar-refractivity contribution >= 4 is 0 Å². The first kappa shape index (κ1) is 10.5. The molecule has 0 saturated heterocycles. The highest BCUT2D eigenvalue weighted by Crippen LogP contribution is 2.27. The number of rotatable bonds is 2. The molecule has 0 unspecified atom stereocenters.